The zero-order valence-corrected chi connectivity index (χ0v) is 23.0. The number of methoxy groups -OCH3 is 1. The van der Waals surface area contributed by atoms with Gasteiger partial charge in [-0.05, 0) is 29.3 Å². The largest absolute Gasteiger partial charge is 0.497 e. The summed E-state index contributed by atoms with van der Waals surface area (Å²) in [6, 6.07) is 9.55. The molecule has 4 rings (SSSR count). The molecule has 1 saturated heterocycles. The number of nitrogens with one attached hydrogen (secondary N) is 2. The molecule has 0 radical (unpaired) electrons. The van der Waals surface area contributed by atoms with Crippen LogP contribution in [-0.4, -0.2) is 71.3 Å². The Hall–Kier alpha value is -3.19. The predicted octanol–water partition coefficient (Wildman–Crippen LogP) is 2.54. The molecule has 1 fully saturated rings. The number of rotatable bonds is 9. The van der Waals surface area contributed by atoms with Crippen LogP contribution in [0.25, 0.3) is 11.0 Å². The fraction of sp³-hybridized carbons (Fsp3) is 0.360. The van der Waals surface area contributed by atoms with Crippen LogP contribution in [0.4, 0.5) is 10.1 Å². The van der Waals surface area contributed by atoms with E-state index in [-0.39, 0.29) is 23.0 Å². The Morgan fingerprint density at radius 3 is 2.50 bits per heavy atom. The van der Waals surface area contributed by atoms with Crippen molar-refractivity contribution in [3.05, 3.63) is 69.3 Å². The highest BCUT2D eigenvalue weighted by Crippen LogP contribution is 2.30. The molecule has 38 heavy (non-hydrogen) atoms. The predicted molar refractivity (Wildman–Crippen MR) is 145 cm³/mol. The number of hydrogen-bond acceptors (Lipinski definition) is 7. The van der Waals surface area contributed by atoms with Crippen molar-refractivity contribution in [3.8, 4) is 5.75 Å². The van der Waals surface area contributed by atoms with Crippen LogP contribution in [0.3, 0.4) is 0 Å². The maximum atomic E-state index is 15.2. The van der Waals surface area contributed by atoms with E-state index in [0.717, 1.165) is 11.8 Å². The van der Waals surface area contributed by atoms with Crippen LogP contribution < -0.4 is 19.8 Å². The first-order chi connectivity index (χ1) is 18.0. The van der Waals surface area contributed by atoms with Gasteiger partial charge in [-0.3, -0.25) is 14.4 Å². The van der Waals surface area contributed by atoms with Gasteiger partial charge in [0.1, 0.15) is 11.3 Å². The van der Waals surface area contributed by atoms with Gasteiger partial charge < -0.3 is 14.1 Å². The van der Waals surface area contributed by atoms with Crippen LogP contribution in [0.5, 0.6) is 5.75 Å². The summed E-state index contributed by atoms with van der Waals surface area (Å²) in [6.07, 6.45) is 0.679. The fourth-order valence-electron chi connectivity index (χ4n) is 3.81. The van der Waals surface area contributed by atoms with Gasteiger partial charge in [-0.25, -0.2) is 13.9 Å². The number of halogens is 2. The summed E-state index contributed by atoms with van der Waals surface area (Å²) >= 11 is 6.12. The minimum atomic E-state index is -3.90. The number of alkyl halides is 1. The second-order valence-electron chi connectivity index (χ2n) is 8.83. The fourth-order valence-corrected chi connectivity index (χ4v) is 4.75. The van der Waals surface area contributed by atoms with Crippen molar-refractivity contribution >= 4 is 44.9 Å². The van der Waals surface area contributed by atoms with Crippen LogP contribution in [0.2, 0.25) is 0 Å². The standard InChI is InChI=1S/C22H23ClFN3O5S.C3H7NO/c1-25-33(29,30)26-19-5-3-4-13(21(19)24)8-17-18(12-27-10-14(23)11-27)16-7-6-15(31-2)9-20(16)32-22(17)28;1-4(2)3-5/h3-7,9,14,25-26H,8,10-12H2,1-2H3;3H,1-2H3. The van der Waals surface area contributed by atoms with Gasteiger partial charge in [0, 0.05) is 64.2 Å². The van der Waals surface area contributed by atoms with E-state index < -0.39 is 21.7 Å². The molecule has 0 bridgehead atoms. The van der Waals surface area contributed by atoms with Crippen LogP contribution >= 0.6 is 11.6 Å². The first kappa shape index (κ1) is 29.4. The molecular formula is C25H30ClFN4O6S. The van der Waals surface area contributed by atoms with Crippen molar-refractivity contribution in [3.63, 3.8) is 0 Å². The molecule has 3 aromatic rings. The number of benzene rings is 2. The Labute approximate surface area is 225 Å². The molecule has 206 valence electrons. The Bertz CT molecular complexity index is 1460. The van der Waals surface area contributed by atoms with Crippen molar-refractivity contribution in [2.75, 3.05) is 46.1 Å². The molecule has 2 aromatic carbocycles. The van der Waals surface area contributed by atoms with Gasteiger partial charge in [0.05, 0.1) is 18.2 Å². The number of amides is 1. The molecule has 0 unspecified atom stereocenters. The molecular weight excluding hydrogens is 539 g/mol. The average molecular weight is 569 g/mol. The molecule has 0 aliphatic carbocycles. The van der Waals surface area contributed by atoms with Crippen LogP contribution in [-0.2, 0) is 28.0 Å². The quantitative estimate of drug-likeness (QED) is 0.231. The molecule has 2 N–H and O–H groups in total. The second-order valence-corrected chi connectivity index (χ2v) is 11.1. The first-order valence-corrected chi connectivity index (χ1v) is 13.5. The lowest BCUT2D eigenvalue weighted by molar-refractivity contribution is -0.115. The summed E-state index contributed by atoms with van der Waals surface area (Å²) in [5, 5.41) is 0.769. The van der Waals surface area contributed by atoms with Gasteiger partial charge in [0.15, 0.2) is 5.82 Å². The van der Waals surface area contributed by atoms with E-state index >= 15 is 4.39 Å². The lowest BCUT2D eigenvalue weighted by Crippen LogP contribution is -2.47. The number of carbonyl (C=O) groups is 1. The molecule has 0 atom stereocenters. The van der Waals surface area contributed by atoms with Crippen LogP contribution in [0.15, 0.2) is 45.6 Å². The zero-order chi connectivity index (χ0) is 28.0. The highest BCUT2D eigenvalue weighted by molar-refractivity contribution is 7.90. The molecule has 1 amide bonds. The Kier molecular flexibility index (Phi) is 9.71. The Balaban J connectivity index is 0.000000732. The van der Waals surface area contributed by atoms with Gasteiger partial charge in [-0.1, -0.05) is 12.1 Å². The van der Waals surface area contributed by atoms with E-state index in [2.05, 4.69) is 14.3 Å². The first-order valence-electron chi connectivity index (χ1n) is 11.6. The monoisotopic (exact) mass is 568 g/mol. The van der Waals surface area contributed by atoms with Crippen LogP contribution in [0, 0.1) is 5.82 Å². The van der Waals surface area contributed by atoms with Crippen molar-refractivity contribution in [1.29, 1.82) is 0 Å². The smallest absolute Gasteiger partial charge is 0.340 e. The number of fused-ring (bicyclic) bond motifs is 1. The summed E-state index contributed by atoms with van der Waals surface area (Å²) in [5.74, 6) is -0.217. The third kappa shape index (κ3) is 7.22. The Morgan fingerprint density at radius 2 is 1.92 bits per heavy atom. The average Bonchev–Trinajstić information content (AvgIpc) is 2.86. The summed E-state index contributed by atoms with van der Waals surface area (Å²) in [5.41, 5.74) is 0.746. The lowest BCUT2D eigenvalue weighted by Gasteiger charge is -2.36. The van der Waals surface area contributed by atoms with Gasteiger partial charge in [0.2, 0.25) is 6.41 Å². The Morgan fingerprint density at radius 1 is 1.24 bits per heavy atom. The normalized spacial score (nSPS) is 13.8. The summed E-state index contributed by atoms with van der Waals surface area (Å²) in [7, 11) is 2.21. The second kappa shape index (κ2) is 12.6. The number of likely N-dealkylation sites (tertiary alicyclic amines) is 1. The molecule has 1 aromatic heterocycles. The van der Waals surface area contributed by atoms with E-state index in [4.69, 9.17) is 20.8 Å². The third-order valence-corrected chi connectivity index (χ3v) is 7.09. The third-order valence-electron chi connectivity index (χ3n) is 5.79. The highest BCUT2D eigenvalue weighted by atomic mass is 35.5. The van der Waals surface area contributed by atoms with Crippen molar-refractivity contribution in [1.82, 2.24) is 14.5 Å². The van der Waals surface area contributed by atoms with Gasteiger partial charge >= 0.3 is 5.63 Å². The number of anilines is 1. The van der Waals surface area contributed by atoms with Crippen molar-refractivity contribution < 1.29 is 26.8 Å². The van der Waals surface area contributed by atoms with E-state index in [1.807, 2.05) is 6.07 Å². The summed E-state index contributed by atoms with van der Waals surface area (Å²) < 4.78 is 53.8. The van der Waals surface area contributed by atoms with Gasteiger partial charge in [-0.2, -0.15) is 8.42 Å². The topological polar surface area (TPSA) is 121 Å². The maximum absolute atomic E-state index is 15.2. The molecule has 0 saturated carbocycles. The van der Waals surface area contributed by atoms with E-state index in [9.17, 15) is 18.0 Å². The maximum Gasteiger partial charge on any atom is 0.340 e. The summed E-state index contributed by atoms with van der Waals surface area (Å²) in [6.45, 7) is 1.80. The van der Waals surface area contributed by atoms with Gasteiger partial charge in [-0.15, -0.1) is 11.6 Å². The van der Waals surface area contributed by atoms with Gasteiger partial charge in [0.25, 0.3) is 10.2 Å². The lowest BCUT2D eigenvalue weighted by atomic mass is 9.96. The van der Waals surface area contributed by atoms with E-state index in [1.165, 1.54) is 37.3 Å². The molecule has 2 heterocycles. The molecule has 1 aliphatic heterocycles. The number of ether oxygens (including phenoxy) is 1. The van der Waals surface area contributed by atoms with Crippen LogP contribution in [0.1, 0.15) is 16.7 Å². The molecule has 1 aliphatic rings. The molecule has 13 heteroatoms. The minimum Gasteiger partial charge on any atom is -0.497 e. The number of carbonyl (C=O) groups excluding carboxylic acids is 1. The molecule has 10 nitrogen and oxygen atoms in total. The van der Waals surface area contributed by atoms with Crippen molar-refractivity contribution in [2.45, 2.75) is 18.3 Å². The van der Waals surface area contributed by atoms with Crippen molar-refractivity contribution in [2.24, 2.45) is 0 Å². The number of nitrogens with zero attached hydrogens (tertiary/aromatic N) is 2. The SMILES string of the molecule is CN(C)C=O.CNS(=O)(=O)Nc1cccc(Cc2c(CN3CC(Cl)C3)c3ccc(OC)cc3oc2=O)c1F. The summed E-state index contributed by atoms with van der Waals surface area (Å²) in [4.78, 5) is 26.0. The molecule has 0 spiro atoms. The minimum absolute atomic E-state index is 0.0502. The van der Waals surface area contributed by atoms with E-state index in [1.54, 1.807) is 26.2 Å². The zero-order valence-electron chi connectivity index (χ0n) is 21.5. The van der Waals surface area contributed by atoms with E-state index in [0.29, 0.717) is 42.1 Å². The highest BCUT2D eigenvalue weighted by Gasteiger charge is 2.27. The number of hydrogen-bond donors (Lipinski definition) is 2.